The lowest BCUT2D eigenvalue weighted by Gasteiger charge is -2.17. The fourth-order valence-electron chi connectivity index (χ4n) is 1.62. The Bertz CT molecular complexity index is 491. The normalized spacial score (nSPS) is 10.9. The second-order valence-corrected chi connectivity index (χ2v) is 4.16. The highest BCUT2D eigenvalue weighted by Crippen LogP contribution is 2.21. The first-order valence-corrected chi connectivity index (χ1v) is 5.45. The van der Waals surface area contributed by atoms with Crippen LogP contribution in [0.25, 0.3) is 11.0 Å². The van der Waals surface area contributed by atoms with Crippen molar-refractivity contribution in [2.45, 2.75) is 5.88 Å². The molecule has 0 radical (unpaired) electrons. The summed E-state index contributed by atoms with van der Waals surface area (Å²) in [7, 11) is 3.89. The second kappa shape index (κ2) is 3.91. The van der Waals surface area contributed by atoms with Crippen LogP contribution in [0.1, 0.15) is 5.82 Å². The van der Waals surface area contributed by atoms with Gasteiger partial charge in [0.25, 0.3) is 0 Å². The van der Waals surface area contributed by atoms with E-state index in [-0.39, 0.29) is 0 Å². The number of hydrogen-bond acceptors (Lipinski definition) is 2. The van der Waals surface area contributed by atoms with Crippen molar-refractivity contribution in [1.29, 1.82) is 0 Å². The standard InChI is InChI=1S/C10H11Cl2N3/c1-14(2)15-9-5-7(12)3-4-8(9)13-10(15)6-11/h3-5H,6H2,1-2H3. The number of halogens is 2. The number of imidazole rings is 1. The van der Waals surface area contributed by atoms with Gasteiger partial charge in [-0.15, -0.1) is 11.6 Å². The molecule has 1 heterocycles. The Morgan fingerprint density at radius 1 is 1.40 bits per heavy atom. The third-order valence-electron chi connectivity index (χ3n) is 2.18. The molecule has 0 spiro atoms. The van der Waals surface area contributed by atoms with Gasteiger partial charge >= 0.3 is 0 Å². The predicted octanol–water partition coefficient (Wildman–Crippen LogP) is 2.63. The number of hydrogen-bond donors (Lipinski definition) is 0. The molecule has 0 atom stereocenters. The average Bonchev–Trinajstić information content (AvgIpc) is 2.55. The van der Waals surface area contributed by atoms with Crippen molar-refractivity contribution in [3.63, 3.8) is 0 Å². The van der Waals surface area contributed by atoms with Gasteiger partial charge in [-0.2, -0.15) is 0 Å². The van der Waals surface area contributed by atoms with Crippen molar-refractivity contribution in [2.24, 2.45) is 0 Å². The van der Waals surface area contributed by atoms with E-state index in [0.29, 0.717) is 10.9 Å². The minimum Gasteiger partial charge on any atom is -0.317 e. The highest BCUT2D eigenvalue weighted by atomic mass is 35.5. The Morgan fingerprint density at radius 3 is 2.73 bits per heavy atom. The third-order valence-corrected chi connectivity index (χ3v) is 2.65. The molecule has 0 N–H and O–H groups in total. The van der Waals surface area contributed by atoms with Crippen molar-refractivity contribution < 1.29 is 0 Å². The zero-order valence-electron chi connectivity index (χ0n) is 8.54. The van der Waals surface area contributed by atoms with E-state index in [0.717, 1.165) is 16.9 Å². The fraction of sp³-hybridized carbons (Fsp3) is 0.300. The maximum atomic E-state index is 5.96. The summed E-state index contributed by atoms with van der Waals surface area (Å²) in [6.45, 7) is 0. The molecule has 2 rings (SSSR count). The number of nitrogens with zero attached hydrogens (tertiary/aromatic N) is 3. The van der Waals surface area contributed by atoms with Crippen LogP contribution in [0.15, 0.2) is 18.2 Å². The lowest BCUT2D eigenvalue weighted by Crippen LogP contribution is -2.26. The molecule has 0 aliphatic rings. The van der Waals surface area contributed by atoms with Crippen LogP contribution in [0.3, 0.4) is 0 Å². The molecule has 3 nitrogen and oxygen atoms in total. The largest absolute Gasteiger partial charge is 0.317 e. The molecular formula is C10H11Cl2N3. The van der Waals surface area contributed by atoms with Gasteiger partial charge in [0, 0.05) is 19.1 Å². The summed E-state index contributed by atoms with van der Waals surface area (Å²) >= 11 is 11.8. The van der Waals surface area contributed by atoms with Crippen LogP contribution in [-0.2, 0) is 5.88 Å². The highest BCUT2D eigenvalue weighted by Gasteiger charge is 2.11. The summed E-state index contributed by atoms with van der Waals surface area (Å²) < 4.78 is 1.95. The summed E-state index contributed by atoms with van der Waals surface area (Å²) in [6, 6.07) is 5.61. The second-order valence-electron chi connectivity index (χ2n) is 3.45. The summed E-state index contributed by atoms with van der Waals surface area (Å²) in [5, 5.41) is 2.63. The van der Waals surface area contributed by atoms with E-state index in [2.05, 4.69) is 4.98 Å². The van der Waals surface area contributed by atoms with Gasteiger partial charge in [-0.25, -0.2) is 9.66 Å². The quantitative estimate of drug-likeness (QED) is 0.757. The van der Waals surface area contributed by atoms with Gasteiger partial charge in [0.15, 0.2) is 0 Å². The maximum Gasteiger partial charge on any atom is 0.143 e. The number of aromatic nitrogens is 2. The third kappa shape index (κ3) is 1.77. The summed E-state index contributed by atoms with van der Waals surface area (Å²) in [5.74, 6) is 1.20. The summed E-state index contributed by atoms with van der Waals surface area (Å²) in [4.78, 5) is 4.42. The van der Waals surface area contributed by atoms with Gasteiger partial charge in [-0.3, -0.25) is 0 Å². The molecule has 2 aromatic rings. The summed E-state index contributed by atoms with van der Waals surface area (Å²) in [5.41, 5.74) is 1.88. The zero-order chi connectivity index (χ0) is 11.0. The number of alkyl halides is 1. The lowest BCUT2D eigenvalue weighted by molar-refractivity contribution is 0.719. The smallest absolute Gasteiger partial charge is 0.143 e. The van der Waals surface area contributed by atoms with Crippen molar-refractivity contribution in [3.05, 3.63) is 29.0 Å². The summed E-state index contributed by atoms with van der Waals surface area (Å²) in [6.07, 6.45) is 0. The van der Waals surface area contributed by atoms with Crippen LogP contribution in [0.4, 0.5) is 0 Å². The molecule has 15 heavy (non-hydrogen) atoms. The van der Waals surface area contributed by atoms with Crippen molar-refractivity contribution in [1.82, 2.24) is 9.66 Å². The average molecular weight is 244 g/mol. The van der Waals surface area contributed by atoms with E-state index in [1.807, 2.05) is 42.0 Å². The molecule has 0 amide bonds. The van der Waals surface area contributed by atoms with Crippen LogP contribution in [0.5, 0.6) is 0 Å². The molecule has 0 saturated heterocycles. The monoisotopic (exact) mass is 243 g/mol. The Labute approximate surface area is 98.2 Å². The molecule has 0 bridgehead atoms. The Balaban J connectivity index is 2.76. The van der Waals surface area contributed by atoms with Crippen molar-refractivity contribution in [2.75, 3.05) is 19.1 Å². The molecule has 80 valence electrons. The van der Waals surface area contributed by atoms with Gasteiger partial charge < -0.3 is 5.01 Å². The predicted molar refractivity (Wildman–Crippen MR) is 64.4 cm³/mol. The maximum absolute atomic E-state index is 5.96. The van der Waals surface area contributed by atoms with Gasteiger partial charge in [-0.1, -0.05) is 11.6 Å². The first kappa shape index (κ1) is 10.6. The molecule has 0 saturated carbocycles. The van der Waals surface area contributed by atoms with Crippen molar-refractivity contribution in [3.8, 4) is 0 Å². The van der Waals surface area contributed by atoms with Gasteiger partial charge in [-0.05, 0) is 18.2 Å². The van der Waals surface area contributed by atoms with E-state index in [4.69, 9.17) is 23.2 Å². The first-order chi connectivity index (χ1) is 7.13. The topological polar surface area (TPSA) is 21.1 Å². The Kier molecular flexibility index (Phi) is 2.76. The molecule has 1 aromatic heterocycles. The molecule has 0 aliphatic carbocycles. The lowest BCUT2D eigenvalue weighted by atomic mass is 10.3. The van der Waals surface area contributed by atoms with Gasteiger partial charge in [0.1, 0.15) is 5.82 Å². The van der Waals surface area contributed by atoms with Crippen molar-refractivity contribution >= 4 is 34.2 Å². The number of rotatable bonds is 2. The van der Waals surface area contributed by atoms with E-state index >= 15 is 0 Å². The van der Waals surface area contributed by atoms with Crippen LogP contribution < -0.4 is 5.01 Å². The molecule has 0 unspecified atom stereocenters. The van der Waals surface area contributed by atoms with Crippen LogP contribution in [0, 0.1) is 0 Å². The zero-order valence-corrected chi connectivity index (χ0v) is 10.0. The van der Waals surface area contributed by atoms with E-state index in [1.54, 1.807) is 0 Å². The molecule has 5 heteroatoms. The molecular weight excluding hydrogens is 233 g/mol. The number of benzene rings is 1. The SMILES string of the molecule is CN(C)n1c(CCl)nc2ccc(Cl)cc21. The van der Waals surface area contributed by atoms with Crippen LogP contribution in [0.2, 0.25) is 5.02 Å². The molecule has 1 aromatic carbocycles. The minimum absolute atomic E-state index is 0.379. The minimum atomic E-state index is 0.379. The Morgan fingerprint density at radius 2 is 2.13 bits per heavy atom. The molecule has 0 aliphatic heterocycles. The Hall–Kier alpha value is -0.930. The van der Waals surface area contributed by atoms with Gasteiger partial charge in [0.05, 0.1) is 16.9 Å². The van der Waals surface area contributed by atoms with Crippen LogP contribution in [-0.4, -0.2) is 23.8 Å². The first-order valence-electron chi connectivity index (χ1n) is 4.54. The van der Waals surface area contributed by atoms with E-state index < -0.39 is 0 Å². The van der Waals surface area contributed by atoms with Gasteiger partial charge in [0.2, 0.25) is 0 Å². The number of fused-ring (bicyclic) bond motifs is 1. The van der Waals surface area contributed by atoms with E-state index in [9.17, 15) is 0 Å². The van der Waals surface area contributed by atoms with Crippen LogP contribution >= 0.6 is 23.2 Å². The van der Waals surface area contributed by atoms with E-state index in [1.165, 1.54) is 0 Å². The fourth-order valence-corrected chi connectivity index (χ4v) is 1.96. The highest BCUT2D eigenvalue weighted by molar-refractivity contribution is 6.31. The molecule has 0 fully saturated rings.